The molecular formula is C14H14F3N3O3. The Labute approximate surface area is 129 Å². The predicted molar refractivity (Wildman–Crippen MR) is 74.0 cm³/mol. The summed E-state index contributed by atoms with van der Waals surface area (Å²) in [4.78, 5) is 12.0. The Kier molecular flexibility index (Phi) is 5.20. The van der Waals surface area contributed by atoms with Crippen LogP contribution in [0.5, 0.6) is 5.75 Å². The van der Waals surface area contributed by atoms with E-state index in [4.69, 9.17) is 4.42 Å². The van der Waals surface area contributed by atoms with E-state index in [9.17, 15) is 18.0 Å². The van der Waals surface area contributed by atoms with Crippen LogP contribution in [0.25, 0.3) is 0 Å². The Balaban J connectivity index is 2.03. The molecule has 0 bridgehead atoms. The van der Waals surface area contributed by atoms with Crippen LogP contribution < -0.4 is 10.1 Å². The lowest BCUT2D eigenvalue weighted by atomic mass is 10.2. The molecule has 1 aromatic carbocycles. The van der Waals surface area contributed by atoms with Gasteiger partial charge in [-0.1, -0.05) is 24.5 Å². The van der Waals surface area contributed by atoms with E-state index < -0.39 is 18.0 Å². The summed E-state index contributed by atoms with van der Waals surface area (Å²) in [5.41, 5.74) is -0.0277. The van der Waals surface area contributed by atoms with Crippen LogP contribution in [0.3, 0.4) is 0 Å². The summed E-state index contributed by atoms with van der Waals surface area (Å²) in [6, 6.07) is 4.57. The van der Waals surface area contributed by atoms with Crippen LogP contribution in [0.1, 0.15) is 36.0 Å². The van der Waals surface area contributed by atoms with Crippen molar-refractivity contribution in [3.05, 3.63) is 35.7 Å². The highest BCUT2D eigenvalue weighted by Crippen LogP contribution is 2.23. The first-order chi connectivity index (χ1) is 10.9. The fraction of sp³-hybridized carbons (Fsp3) is 0.357. The number of unbranched alkanes of at least 4 members (excludes halogenated alkanes) is 1. The number of rotatable bonds is 6. The third-order valence-corrected chi connectivity index (χ3v) is 2.76. The first kappa shape index (κ1) is 16.8. The van der Waals surface area contributed by atoms with E-state index in [1.54, 1.807) is 0 Å². The van der Waals surface area contributed by atoms with Crippen molar-refractivity contribution in [1.82, 2.24) is 10.2 Å². The zero-order valence-corrected chi connectivity index (χ0v) is 12.2. The third-order valence-electron chi connectivity index (χ3n) is 2.76. The fourth-order valence-electron chi connectivity index (χ4n) is 1.74. The molecule has 0 radical (unpaired) electrons. The molecular weight excluding hydrogens is 315 g/mol. The Bertz CT molecular complexity index is 671. The number of hydrogen-bond donors (Lipinski definition) is 1. The molecule has 9 heteroatoms. The normalized spacial score (nSPS) is 11.3. The summed E-state index contributed by atoms with van der Waals surface area (Å²) in [6.45, 7) is 2.01. The van der Waals surface area contributed by atoms with Crippen molar-refractivity contribution in [2.24, 2.45) is 0 Å². The Hall–Kier alpha value is -2.58. The number of aryl methyl sites for hydroxylation is 1. The number of hydrogen-bond acceptors (Lipinski definition) is 5. The van der Waals surface area contributed by atoms with E-state index in [1.165, 1.54) is 12.1 Å². The maximum Gasteiger partial charge on any atom is 0.573 e. The molecule has 0 aliphatic rings. The number of nitrogens with zero attached hydrogens (tertiary/aromatic N) is 2. The van der Waals surface area contributed by atoms with Gasteiger partial charge in [-0.25, -0.2) is 0 Å². The van der Waals surface area contributed by atoms with Gasteiger partial charge in [0, 0.05) is 12.0 Å². The molecule has 0 saturated carbocycles. The van der Waals surface area contributed by atoms with Gasteiger partial charge in [-0.05, 0) is 24.6 Å². The Morgan fingerprint density at radius 2 is 2.13 bits per heavy atom. The second kappa shape index (κ2) is 7.12. The molecule has 0 saturated heterocycles. The predicted octanol–water partition coefficient (Wildman–Crippen LogP) is 3.56. The van der Waals surface area contributed by atoms with Gasteiger partial charge in [-0.15, -0.1) is 18.3 Å². The molecule has 2 aromatic rings. The van der Waals surface area contributed by atoms with E-state index in [-0.39, 0.29) is 11.6 Å². The van der Waals surface area contributed by atoms with Gasteiger partial charge in [-0.2, -0.15) is 0 Å². The number of benzene rings is 1. The molecule has 2 rings (SSSR count). The summed E-state index contributed by atoms with van der Waals surface area (Å²) < 4.78 is 45.5. The number of nitrogens with one attached hydrogen (secondary N) is 1. The summed E-state index contributed by atoms with van der Waals surface area (Å²) >= 11 is 0. The molecule has 1 N–H and O–H groups in total. The fourth-order valence-corrected chi connectivity index (χ4v) is 1.74. The SMILES string of the molecule is CCCCc1nnc(NC(=O)c2cccc(OC(F)(F)F)c2)o1. The number of ether oxygens (including phenoxy) is 1. The molecule has 1 amide bonds. The molecule has 0 aliphatic carbocycles. The highest BCUT2D eigenvalue weighted by atomic mass is 19.4. The van der Waals surface area contributed by atoms with Gasteiger partial charge in [0.1, 0.15) is 5.75 Å². The van der Waals surface area contributed by atoms with Crippen molar-refractivity contribution >= 4 is 11.9 Å². The highest BCUT2D eigenvalue weighted by Gasteiger charge is 2.31. The third kappa shape index (κ3) is 5.28. The molecule has 0 atom stereocenters. The minimum absolute atomic E-state index is 0.0277. The van der Waals surface area contributed by atoms with Crippen molar-refractivity contribution in [3.8, 4) is 5.75 Å². The maximum absolute atomic E-state index is 12.2. The van der Waals surface area contributed by atoms with Crippen molar-refractivity contribution in [3.63, 3.8) is 0 Å². The van der Waals surface area contributed by atoms with Gasteiger partial charge in [0.05, 0.1) is 0 Å². The molecule has 1 heterocycles. The van der Waals surface area contributed by atoms with Crippen molar-refractivity contribution in [2.75, 3.05) is 5.32 Å². The first-order valence-corrected chi connectivity index (χ1v) is 6.87. The smallest absolute Gasteiger partial charge is 0.408 e. The van der Waals surface area contributed by atoms with Gasteiger partial charge >= 0.3 is 12.4 Å². The van der Waals surface area contributed by atoms with Gasteiger partial charge in [-0.3, -0.25) is 10.1 Å². The van der Waals surface area contributed by atoms with E-state index in [0.717, 1.165) is 25.0 Å². The highest BCUT2D eigenvalue weighted by molar-refractivity contribution is 6.03. The van der Waals surface area contributed by atoms with Crippen LogP contribution in [-0.2, 0) is 6.42 Å². The molecule has 0 unspecified atom stereocenters. The largest absolute Gasteiger partial charge is 0.573 e. The molecule has 1 aromatic heterocycles. The minimum Gasteiger partial charge on any atom is -0.408 e. The van der Waals surface area contributed by atoms with Gasteiger partial charge < -0.3 is 9.15 Å². The molecule has 0 aliphatic heterocycles. The summed E-state index contributed by atoms with van der Waals surface area (Å²) in [6.07, 6.45) is -2.41. The van der Waals surface area contributed by atoms with Crippen LogP contribution in [0.2, 0.25) is 0 Å². The van der Waals surface area contributed by atoms with E-state index in [0.29, 0.717) is 12.3 Å². The summed E-state index contributed by atoms with van der Waals surface area (Å²) in [5.74, 6) is -0.779. The van der Waals surface area contributed by atoms with Crippen LogP contribution in [0.15, 0.2) is 28.7 Å². The number of amides is 1. The van der Waals surface area contributed by atoms with E-state index in [2.05, 4.69) is 20.3 Å². The summed E-state index contributed by atoms with van der Waals surface area (Å²) in [7, 11) is 0. The Morgan fingerprint density at radius 3 is 2.83 bits per heavy atom. The zero-order chi connectivity index (χ0) is 16.9. The van der Waals surface area contributed by atoms with Crippen molar-refractivity contribution < 1.29 is 27.1 Å². The van der Waals surface area contributed by atoms with Gasteiger partial charge in [0.25, 0.3) is 5.91 Å². The molecule has 124 valence electrons. The van der Waals surface area contributed by atoms with Gasteiger partial charge in [0.15, 0.2) is 0 Å². The first-order valence-electron chi connectivity index (χ1n) is 6.87. The zero-order valence-electron chi connectivity index (χ0n) is 12.2. The second-order valence-electron chi connectivity index (χ2n) is 4.63. The number of alkyl halides is 3. The van der Waals surface area contributed by atoms with Crippen molar-refractivity contribution in [2.45, 2.75) is 32.5 Å². The monoisotopic (exact) mass is 329 g/mol. The van der Waals surface area contributed by atoms with Crippen LogP contribution in [0.4, 0.5) is 19.2 Å². The molecule has 0 fully saturated rings. The van der Waals surface area contributed by atoms with Crippen LogP contribution in [0, 0.1) is 0 Å². The lowest BCUT2D eigenvalue weighted by Gasteiger charge is -2.09. The number of carbonyl (C=O) groups is 1. The van der Waals surface area contributed by atoms with E-state index in [1.807, 2.05) is 6.92 Å². The van der Waals surface area contributed by atoms with Gasteiger partial charge in [0.2, 0.25) is 5.89 Å². The minimum atomic E-state index is -4.82. The maximum atomic E-state index is 12.2. The summed E-state index contributed by atoms with van der Waals surface area (Å²) in [5, 5.41) is 9.75. The average Bonchev–Trinajstić information content (AvgIpc) is 2.91. The van der Waals surface area contributed by atoms with E-state index >= 15 is 0 Å². The topological polar surface area (TPSA) is 77.2 Å². The number of carbonyl (C=O) groups excluding carboxylic acids is 1. The Morgan fingerprint density at radius 1 is 1.35 bits per heavy atom. The lowest BCUT2D eigenvalue weighted by molar-refractivity contribution is -0.274. The average molecular weight is 329 g/mol. The quantitative estimate of drug-likeness (QED) is 0.877. The van der Waals surface area contributed by atoms with Crippen molar-refractivity contribution in [1.29, 1.82) is 0 Å². The standard InChI is InChI=1S/C14H14F3N3O3/c1-2-3-7-11-19-20-13(22-11)18-12(21)9-5-4-6-10(8-9)23-14(15,16)17/h4-6,8H,2-3,7H2,1H3,(H,18,20,21). The molecule has 6 nitrogen and oxygen atoms in total. The molecule has 23 heavy (non-hydrogen) atoms. The number of anilines is 1. The van der Waals surface area contributed by atoms with Crippen LogP contribution >= 0.6 is 0 Å². The lowest BCUT2D eigenvalue weighted by Crippen LogP contribution is -2.18. The number of halogens is 3. The van der Waals surface area contributed by atoms with Crippen LogP contribution in [-0.4, -0.2) is 22.5 Å². The molecule has 0 spiro atoms. The second-order valence-corrected chi connectivity index (χ2v) is 4.63. The number of aromatic nitrogens is 2.